The zero-order valence-corrected chi connectivity index (χ0v) is 17.4. The van der Waals surface area contributed by atoms with Crippen LogP contribution < -0.4 is 4.72 Å². The summed E-state index contributed by atoms with van der Waals surface area (Å²) in [4.78, 5) is 0. The summed E-state index contributed by atoms with van der Waals surface area (Å²) in [7, 11) is 0. The van der Waals surface area contributed by atoms with Crippen molar-refractivity contribution in [1.29, 1.82) is 0 Å². The molecule has 0 unspecified atom stereocenters. The highest BCUT2D eigenvalue weighted by Gasteiger charge is 2.18. The van der Waals surface area contributed by atoms with Crippen LogP contribution in [0.4, 0.5) is 4.39 Å². The van der Waals surface area contributed by atoms with Gasteiger partial charge in [0.1, 0.15) is 5.82 Å². The Labute approximate surface area is 149 Å². The summed E-state index contributed by atoms with van der Waals surface area (Å²) in [5.41, 5.74) is 0.923. The summed E-state index contributed by atoms with van der Waals surface area (Å²) >= 11 is 5.12. The summed E-state index contributed by atoms with van der Waals surface area (Å²) in [5.74, 6) is -0.218. The van der Waals surface area contributed by atoms with Crippen molar-refractivity contribution in [3.05, 3.63) is 46.7 Å². The van der Waals surface area contributed by atoms with Gasteiger partial charge in [-0.2, -0.15) is 0 Å². The second kappa shape index (κ2) is 13.1. The molecule has 0 fully saturated rings. The predicted octanol–water partition coefficient (Wildman–Crippen LogP) is 7.29. The smallest absolute Gasteiger partial charge is 0.123 e. The van der Waals surface area contributed by atoms with E-state index in [-0.39, 0.29) is 16.6 Å². The third-order valence-corrected chi connectivity index (χ3v) is 3.98. The minimum atomic E-state index is -0.218. The first-order valence-electron chi connectivity index (χ1n) is 7.83. The fraction of sp³-hybridized carbons (Fsp3) is 0.556. The Balaban J connectivity index is 0. The molecule has 0 saturated carbocycles. The van der Waals surface area contributed by atoms with Crippen LogP contribution in [0.1, 0.15) is 66.5 Å². The highest BCUT2D eigenvalue weighted by Crippen LogP contribution is 2.31. The van der Waals surface area contributed by atoms with E-state index in [0.717, 1.165) is 16.5 Å². The van der Waals surface area contributed by atoms with Crippen molar-refractivity contribution in [3.8, 4) is 0 Å². The molecule has 1 aromatic carbocycles. The van der Waals surface area contributed by atoms with Crippen LogP contribution >= 0.6 is 27.9 Å². The first kappa shape index (κ1) is 23.9. The molecule has 1 N–H and O–H groups in total. The summed E-state index contributed by atoms with van der Waals surface area (Å²) < 4.78 is 17.8. The average molecular weight is 392 g/mol. The van der Waals surface area contributed by atoms with Gasteiger partial charge in [-0.3, -0.25) is 4.72 Å². The highest BCUT2D eigenvalue weighted by molar-refractivity contribution is 9.10. The molecular formula is C18H31BrFNS. The van der Waals surface area contributed by atoms with Crippen molar-refractivity contribution >= 4 is 27.9 Å². The molecule has 128 valence electrons. The monoisotopic (exact) mass is 391 g/mol. The maximum absolute atomic E-state index is 13.3. The lowest BCUT2D eigenvalue weighted by Gasteiger charge is -2.24. The van der Waals surface area contributed by atoms with Gasteiger partial charge in [0.25, 0.3) is 0 Å². The molecule has 1 nitrogen and oxygen atoms in total. The Morgan fingerprint density at radius 3 is 2.27 bits per heavy atom. The fourth-order valence-electron chi connectivity index (χ4n) is 1.43. The van der Waals surface area contributed by atoms with E-state index in [1.807, 2.05) is 33.8 Å². The molecule has 0 aliphatic heterocycles. The van der Waals surface area contributed by atoms with Crippen molar-refractivity contribution in [2.45, 2.75) is 65.7 Å². The van der Waals surface area contributed by atoms with E-state index in [0.29, 0.717) is 0 Å². The van der Waals surface area contributed by atoms with Crippen molar-refractivity contribution in [2.24, 2.45) is 0 Å². The minimum Gasteiger partial charge on any atom is -0.256 e. The van der Waals surface area contributed by atoms with E-state index in [1.165, 1.54) is 6.07 Å². The number of halogens is 2. The van der Waals surface area contributed by atoms with Crippen LogP contribution in [0.3, 0.4) is 0 Å². The molecule has 0 radical (unpaired) electrons. The standard InChI is InChI=1S/C14H19BrFNS.2C2H6/c1-5-6-13(17-18-14(2,3)4)11-9-10(16)7-8-12(11)15;2*1-2/h5,7-9,13,17H,1,6H2,2-4H3;2*1-2H3/t13-;;/m1../s1. The first-order valence-corrected chi connectivity index (χ1v) is 9.44. The van der Waals surface area contributed by atoms with Gasteiger partial charge in [-0.25, -0.2) is 4.39 Å². The topological polar surface area (TPSA) is 12.0 Å². The molecule has 0 spiro atoms. The Bertz CT molecular complexity index is 416. The van der Waals surface area contributed by atoms with Gasteiger partial charge >= 0.3 is 0 Å². The van der Waals surface area contributed by atoms with Crippen LogP contribution in [0.25, 0.3) is 0 Å². The molecule has 0 aliphatic rings. The molecule has 22 heavy (non-hydrogen) atoms. The fourth-order valence-corrected chi connectivity index (χ4v) is 2.68. The van der Waals surface area contributed by atoms with Gasteiger partial charge in [-0.15, -0.1) is 6.58 Å². The van der Waals surface area contributed by atoms with Crippen molar-refractivity contribution in [2.75, 3.05) is 0 Å². The Hall–Kier alpha value is -0.320. The van der Waals surface area contributed by atoms with E-state index in [1.54, 1.807) is 24.1 Å². The quantitative estimate of drug-likeness (QED) is 0.417. The van der Waals surface area contributed by atoms with Gasteiger partial charge < -0.3 is 0 Å². The maximum Gasteiger partial charge on any atom is 0.123 e. The average Bonchev–Trinajstić information content (AvgIpc) is 2.49. The summed E-state index contributed by atoms with van der Waals surface area (Å²) in [5, 5.41) is 0. The summed E-state index contributed by atoms with van der Waals surface area (Å²) in [6.07, 6.45) is 2.60. The minimum absolute atomic E-state index is 0.0526. The van der Waals surface area contributed by atoms with Crippen LogP contribution in [0.2, 0.25) is 0 Å². The molecule has 0 saturated heterocycles. The van der Waals surface area contributed by atoms with Crippen LogP contribution in [-0.2, 0) is 0 Å². The van der Waals surface area contributed by atoms with E-state index in [2.05, 4.69) is 48.0 Å². The second-order valence-corrected chi connectivity index (χ2v) is 7.59. The van der Waals surface area contributed by atoms with Crippen molar-refractivity contribution in [1.82, 2.24) is 4.72 Å². The Morgan fingerprint density at radius 1 is 1.27 bits per heavy atom. The summed E-state index contributed by atoms with van der Waals surface area (Å²) in [6.45, 7) is 18.2. The lowest BCUT2D eigenvalue weighted by molar-refractivity contribution is 0.612. The maximum atomic E-state index is 13.3. The van der Waals surface area contributed by atoms with E-state index >= 15 is 0 Å². The van der Waals surface area contributed by atoms with E-state index < -0.39 is 0 Å². The van der Waals surface area contributed by atoms with Crippen molar-refractivity contribution in [3.63, 3.8) is 0 Å². The molecule has 1 rings (SSSR count). The van der Waals surface area contributed by atoms with Gasteiger partial charge in [0.15, 0.2) is 0 Å². The third-order valence-electron chi connectivity index (χ3n) is 2.24. The Morgan fingerprint density at radius 2 is 1.82 bits per heavy atom. The molecule has 0 amide bonds. The molecular weight excluding hydrogens is 361 g/mol. The lowest BCUT2D eigenvalue weighted by Crippen LogP contribution is -2.21. The van der Waals surface area contributed by atoms with Crippen LogP contribution in [-0.4, -0.2) is 4.75 Å². The first-order chi connectivity index (χ1) is 10.3. The molecule has 0 aromatic heterocycles. The number of benzene rings is 1. The van der Waals surface area contributed by atoms with Crippen LogP contribution in [0, 0.1) is 5.82 Å². The SMILES string of the molecule is C=CC[C@@H](NSC(C)(C)C)c1cc(F)ccc1Br.CC.CC. The number of hydrogen-bond acceptors (Lipinski definition) is 2. The number of hydrogen-bond donors (Lipinski definition) is 1. The largest absolute Gasteiger partial charge is 0.256 e. The van der Waals surface area contributed by atoms with Gasteiger partial charge in [0, 0.05) is 15.3 Å². The normalized spacial score (nSPS) is 11.5. The molecule has 0 aliphatic carbocycles. The molecule has 0 bridgehead atoms. The second-order valence-electron chi connectivity index (χ2n) is 5.08. The van der Waals surface area contributed by atoms with Gasteiger partial charge in [0.2, 0.25) is 0 Å². The molecule has 1 aromatic rings. The van der Waals surface area contributed by atoms with Crippen LogP contribution in [0.5, 0.6) is 0 Å². The van der Waals surface area contributed by atoms with Crippen molar-refractivity contribution < 1.29 is 4.39 Å². The third kappa shape index (κ3) is 10.4. The van der Waals surface area contributed by atoms with Crippen LogP contribution in [0.15, 0.2) is 35.3 Å². The zero-order valence-electron chi connectivity index (χ0n) is 15.0. The highest BCUT2D eigenvalue weighted by atomic mass is 79.9. The molecule has 4 heteroatoms. The van der Waals surface area contributed by atoms with Gasteiger partial charge in [-0.05, 0) is 51.0 Å². The zero-order chi connectivity index (χ0) is 17.8. The summed E-state index contributed by atoms with van der Waals surface area (Å²) in [6, 6.07) is 4.81. The number of nitrogens with one attached hydrogen (secondary N) is 1. The molecule has 1 atom stereocenters. The van der Waals surface area contributed by atoms with Gasteiger partial charge in [0.05, 0.1) is 0 Å². The lowest BCUT2D eigenvalue weighted by atomic mass is 10.0. The Kier molecular flexibility index (Phi) is 14.3. The van der Waals surface area contributed by atoms with E-state index in [4.69, 9.17) is 0 Å². The number of rotatable bonds is 5. The molecule has 0 heterocycles. The van der Waals surface area contributed by atoms with E-state index in [9.17, 15) is 4.39 Å². The predicted molar refractivity (Wildman–Crippen MR) is 105 cm³/mol. The van der Waals surface area contributed by atoms with Gasteiger partial charge in [-0.1, -0.05) is 61.6 Å².